The van der Waals surface area contributed by atoms with Gasteiger partial charge >= 0.3 is 5.97 Å². The van der Waals surface area contributed by atoms with Crippen LogP contribution in [0.25, 0.3) is 10.9 Å². The number of pyridine rings is 1. The number of carbonyl (C=O) groups is 1. The molecule has 1 N–H and O–H groups in total. The number of carbonyl (C=O) groups excluding carboxylic acids is 1. The van der Waals surface area contributed by atoms with Crippen molar-refractivity contribution >= 4 is 51.1 Å². The van der Waals surface area contributed by atoms with E-state index >= 15 is 0 Å². The molecule has 0 atom stereocenters. The van der Waals surface area contributed by atoms with E-state index in [1.165, 1.54) is 6.07 Å². The lowest BCUT2D eigenvalue weighted by Crippen LogP contribution is -2.13. The third-order valence-electron chi connectivity index (χ3n) is 2.34. The molecule has 6 heteroatoms. The first kappa shape index (κ1) is 13.4. The van der Waals surface area contributed by atoms with E-state index in [-0.39, 0.29) is 17.7 Å². The second-order valence-corrected chi connectivity index (χ2v) is 5.23. The number of hydrogen-bond acceptors (Lipinski definition) is 3. The molecule has 94 valence electrons. The Balaban J connectivity index is 2.69. The molecule has 1 aromatic heterocycles. The third-order valence-corrected chi connectivity index (χ3v) is 3.26. The van der Waals surface area contributed by atoms with Gasteiger partial charge in [0.2, 0.25) is 0 Å². The highest BCUT2D eigenvalue weighted by molar-refractivity contribution is 14.1. The van der Waals surface area contributed by atoms with E-state index in [9.17, 15) is 9.59 Å². The van der Waals surface area contributed by atoms with Gasteiger partial charge in [0, 0.05) is 9.64 Å². The zero-order valence-corrected chi connectivity index (χ0v) is 12.3. The van der Waals surface area contributed by atoms with E-state index in [1.54, 1.807) is 19.1 Å². The largest absolute Gasteiger partial charge is 0.461 e. The van der Waals surface area contributed by atoms with Crippen LogP contribution in [-0.2, 0) is 4.74 Å². The normalized spacial score (nSPS) is 10.6. The lowest BCUT2D eigenvalue weighted by atomic mass is 10.2. The summed E-state index contributed by atoms with van der Waals surface area (Å²) >= 11 is 8.11. The summed E-state index contributed by atoms with van der Waals surface area (Å²) in [6.45, 7) is 1.96. The van der Waals surface area contributed by atoms with Crippen molar-refractivity contribution in [2.45, 2.75) is 6.92 Å². The lowest BCUT2D eigenvalue weighted by molar-refractivity contribution is 0.0520. The minimum absolute atomic E-state index is 0.132. The number of hydrogen-bond donors (Lipinski definition) is 1. The molecule has 0 aliphatic carbocycles. The Morgan fingerprint density at radius 3 is 2.83 bits per heavy atom. The quantitative estimate of drug-likeness (QED) is 0.647. The minimum atomic E-state index is -0.550. The predicted molar refractivity (Wildman–Crippen MR) is 78.3 cm³/mol. The van der Waals surface area contributed by atoms with Gasteiger partial charge in [-0.3, -0.25) is 4.79 Å². The molecule has 0 saturated heterocycles. The monoisotopic (exact) mass is 377 g/mol. The van der Waals surface area contributed by atoms with E-state index in [4.69, 9.17) is 16.3 Å². The van der Waals surface area contributed by atoms with E-state index in [0.717, 1.165) is 3.57 Å². The number of ether oxygens (including phenoxy) is 1. The van der Waals surface area contributed by atoms with Crippen LogP contribution >= 0.6 is 34.2 Å². The minimum Gasteiger partial charge on any atom is -0.461 e. The van der Waals surface area contributed by atoms with E-state index in [1.807, 2.05) is 0 Å². The highest BCUT2D eigenvalue weighted by atomic mass is 127. The Bertz CT molecular complexity index is 681. The number of nitrogens with one attached hydrogen (secondary N) is 1. The third kappa shape index (κ3) is 2.51. The topological polar surface area (TPSA) is 59.2 Å². The number of H-pyrrole nitrogens is 1. The number of benzene rings is 1. The fourth-order valence-corrected chi connectivity index (χ4v) is 2.75. The molecule has 1 aromatic carbocycles. The van der Waals surface area contributed by atoms with Crippen molar-refractivity contribution in [3.05, 3.63) is 42.7 Å². The number of aromatic amines is 1. The fourth-order valence-electron chi connectivity index (χ4n) is 1.63. The first-order valence-corrected chi connectivity index (χ1v) is 6.67. The van der Waals surface area contributed by atoms with Gasteiger partial charge in [0.25, 0.3) is 0 Å². The summed E-state index contributed by atoms with van der Waals surface area (Å²) in [4.78, 5) is 26.4. The van der Waals surface area contributed by atoms with Crippen LogP contribution < -0.4 is 5.43 Å². The molecule has 0 saturated carbocycles. The van der Waals surface area contributed by atoms with Crippen molar-refractivity contribution in [1.82, 2.24) is 4.98 Å². The second-order valence-electron chi connectivity index (χ2n) is 3.58. The Labute approximate surface area is 121 Å². The Kier molecular flexibility index (Phi) is 3.91. The average Bonchev–Trinajstić information content (AvgIpc) is 2.27. The van der Waals surface area contributed by atoms with Gasteiger partial charge in [-0.05, 0) is 41.6 Å². The molecule has 18 heavy (non-hydrogen) atoms. The molecule has 4 nitrogen and oxygen atoms in total. The van der Waals surface area contributed by atoms with Crippen molar-refractivity contribution < 1.29 is 9.53 Å². The molecule has 0 unspecified atom stereocenters. The molecule has 2 aromatic rings. The average molecular weight is 378 g/mol. The molecular weight excluding hydrogens is 368 g/mol. The lowest BCUT2D eigenvalue weighted by Gasteiger charge is -2.05. The molecule has 0 aliphatic rings. The highest BCUT2D eigenvalue weighted by Gasteiger charge is 2.12. The Morgan fingerprint density at radius 2 is 2.17 bits per heavy atom. The van der Waals surface area contributed by atoms with Crippen LogP contribution in [0.15, 0.2) is 23.0 Å². The number of halogens is 2. The summed E-state index contributed by atoms with van der Waals surface area (Å²) in [6.07, 6.45) is 0. The van der Waals surface area contributed by atoms with Crippen molar-refractivity contribution in [1.29, 1.82) is 0 Å². The standard InChI is InChI=1S/C12H9ClINO3/c1-2-18-12(17)9-5-10(16)11-7(13)3-6(14)4-8(11)15-9/h3-5H,2H2,1H3,(H,15,16). The van der Waals surface area contributed by atoms with Gasteiger partial charge in [-0.1, -0.05) is 11.6 Å². The zero-order chi connectivity index (χ0) is 13.3. The Hall–Kier alpha value is -1.08. The molecule has 0 bridgehead atoms. The van der Waals surface area contributed by atoms with Gasteiger partial charge in [0.05, 0.1) is 22.5 Å². The van der Waals surface area contributed by atoms with Crippen LogP contribution in [0.1, 0.15) is 17.4 Å². The highest BCUT2D eigenvalue weighted by Crippen LogP contribution is 2.22. The van der Waals surface area contributed by atoms with Crippen molar-refractivity contribution in [3.8, 4) is 0 Å². The van der Waals surface area contributed by atoms with Crippen LogP contribution in [0, 0.1) is 3.57 Å². The Morgan fingerprint density at radius 1 is 1.44 bits per heavy atom. The molecule has 0 spiro atoms. The maximum Gasteiger partial charge on any atom is 0.354 e. The smallest absolute Gasteiger partial charge is 0.354 e. The van der Waals surface area contributed by atoms with Crippen molar-refractivity contribution in [2.75, 3.05) is 6.61 Å². The van der Waals surface area contributed by atoms with Crippen molar-refractivity contribution in [2.24, 2.45) is 0 Å². The summed E-state index contributed by atoms with van der Waals surface area (Å²) in [5.41, 5.74) is 0.364. The SMILES string of the molecule is CCOC(=O)c1cc(=O)c2c(Cl)cc(I)cc2[nH]1. The van der Waals surface area contributed by atoms with E-state index in [2.05, 4.69) is 27.6 Å². The van der Waals surface area contributed by atoms with Gasteiger partial charge in [-0.25, -0.2) is 4.79 Å². The maximum atomic E-state index is 11.9. The molecule has 0 aliphatic heterocycles. The summed E-state index contributed by atoms with van der Waals surface area (Å²) in [6, 6.07) is 4.66. The summed E-state index contributed by atoms with van der Waals surface area (Å²) in [5.74, 6) is -0.550. The summed E-state index contributed by atoms with van der Waals surface area (Å²) in [5, 5.41) is 0.749. The number of esters is 1. The van der Waals surface area contributed by atoms with Gasteiger partial charge in [0.15, 0.2) is 5.43 Å². The van der Waals surface area contributed by atoms with Gasteiger partial charge in [-0.2, -0.15) is 0 Å². The predicted octanol–water partition coefficient (Wildman–Crippen LogP) is 2.96. The molecule has 2 rings (SSSR count). The first-order chi connectivity index (χ1) is 8.52. The zero-order valence-electron chi connectivity index (χ0n) is 9.42. The van der Waals surface area contributed by atoms with Crippen LogP contribution in [0.3, 0.4) is 0 Å². The molecule has 1 heterocycles. The molecular formula is C12H9ClINO3. The van der Waals surface area contributed by atoms with Gasteiger partial charge in [0.1, 0.15) is 5.69 Å². The number of rotatable bonds is 2. The first-order valence-electron chi connectivity index (χ1n) is 5.22. The van der Waals surface area contributed by atoms with Gasteiger partial charge < -0.3 is 9.72 Å². The fraction of sp³-hybridized carbons (Fsp3) is 0.167. The molecule has 0 radical (unpaired) electrons. The number of fused-ring (bicyclic) bond motifs is 1. The summed E-state index contributed by atoms with van der Waals surface area (Å²) < 4.78 is 5.73. The van der Waals surface area contributed by atoms with Crippen LogP contribution in [0.2, 0.25) is 5.02 Å². The maximum absolute atomic E-state index is 11.9. The molecule has 0 fully saturated rings. The van der Waals surface area contributed by atoms with Gasteiger partial charge in [-0.15, -0.1) is 0 Å². The number of aromatic nitrogens is 1. The summed E-state index contributed by atoms with van der Waals surface area (Å²) in [7, 11) is 0. The van der Waals surface area contributed by atoms with Crippen LogP contribution in [0.5, 0.6) is 0 Å². The molecule has 0 amide bonds. The second kappa shape index (κ2) is 5.27. The van der Waals surface area contributed by atoms with Crippen molar-refractivity contribution in [3.63, 3.8) is 0 Å². The van der Waals surface area contributed by atoms with E-state index in [0.29, 0.717) is 15.9 Å². The van der Waals surface area contributed by atoms with Crippen LogP contribution in [-0.4, -0.2) is 17.6 Å². The van der Waals surface area contributed by atoms with E-state index < -0.39 is 5.97 Å². The van der Waals surface area contributed by atoms with Crippen LogP contribution in [0.4, 0.5) is 0 Å².